The van der Waals surface area contributed by atoms with Crippen molar-refractivity contribution in [1.82, 2.24) is 4.90 Å². The number of rotatable bonds is 2. The second-order valence-electron chi connectivity index (χ2n) is 6.62. The summed E-state index contributed by atoms with van der Waals surface area (Å²) in [5, 5.41) is -0.554. The lowest BCUT2D eigenvalue weighted by Gasteiger charge is -2.28. The Morgan fingerprint density at radius 1 is 1.10 bits per heavy atom. The van der Waals surface area contributed by atoms with E-state index < -0.39 is 5.38 Å². The number of benzene rings is 1. The van der Waals surface area contributed by atoms with Gasteiger partial charge >= 0.3 is 0 Å². The largest absolute Gasteiger partial charge is 0.341 e. The van der Waals surface area contributed by atoms with Crippen LogP contribution >= 0.6 is 11.6 Å². The zero-order chi connectivity index (χ0) is 14.8. The van der Waals surface area contributed by atoms with Crippen molar-refractivity contribution in [2.45, 2.75) is 50.8 Å². The first-order valence-corrected chi connectivity index (χ1v) is 7.86. The summed E-state index contributed by atoms with van der Waals surface area (Å²) in [6, 6.07) is 8.13. The quantitative estimate of drug-likeness (QED) is 0.746. The second kappa shape index (κ2) is 6.17. The minimum atomic E-state index is -0.554. The third-order valence-corrected chi connectivity index (χ3v) is 4.39. The maximum Gasteiger partial charge on any atom is 0.245 e. The lowest BCUT2D eigenvalue weighted by molar-refractivity contribution is -0.131. The minimum absolute atomic E-state index is 0.0508. The number of carbonyl (C=O) groups is 1. The van der Waals surface area contributed by atoms with Gasteiger partial charge in [-0.1, -0.05) is 45.0 Å². The van der Waals surface area contributed by atoms with Gasteiger partial charge in [-0.3, -0.25) is 4.79 Å². The maximum absolute atomic E-state index is 12.4. The van der Waals surface area contributed by atoms with E-state index in [1.54, 1.807) is 0 Å². The minimum Gasteiger partial charge on any atom is -0.341 e. The molecule has 1 unspecified atom stereocenters. The van der Waals surface area contributed by atoms with Crippen molar-refractivity contribution in [3.63, 3.8) is 0 Å². The van der Waals surface area contributed by atoms with Gasteiger partial charge in [0.1, 0.15) is 5.38 Å². The first-order chi connectivity index (χ1) is 9.39. The van der Waals surface area contributed by atoms with Crippen molar-refractivity contribution < 1.29 is 4.79 Å². The molecule has 0 spiro atoms. The molecule has 1 aromatic carbocycles. The molecule has 1 aliphatic heterocycles. The topological polar surface area (TPSA) is 20.3 Å². The second-order valence-corrected chi connectivity index (χ2v) is 7.06. The van der Waals surface area contributed by atoms with Crippen LogP contribution < -0.4 is 0 Å². The number of nitrogens with zero attached hydrogens (tertiary/aromatic N) is 1. The van der Waals surface area contributed by atoms with Crippen LogP contribution in [0, 0.1) is 0 Å². The summed E-state index contributed by atoms with van der Waals surface area (Å²) >= 11 is 6.37. The number of hydrogen-bond donors (Lipinski definition) is 0. The molecular weight excluding hydrogens is 270 g/mol. The summed E-state index contributed by atoms with van der Waals surface area (Å²) in [5.74, 6) is 0.0508. The number of amides is 1. The molecule has 0 radical (unpaired) electrons. The Hall–Kier alpha value is -1.02. The third-order valence-electron chi connectivity index (χ3n) is 3.95. The molecule has 3 heteroatoms. The molecule has 0 saturated carbocycles. The number of piperidine rings is 1. The molecule has 1 atom stereocenters. The van der Waals surface area contributed by atoms with Crippen molar-refractivity contribution in [2.24, 2.45) is 0 Å². The van der Waals surface area contributed by atoms with Crippen LogP contribution in [0.25, 0.3) is 0 Å². The average molecular weight is 294 g/mol. The molecule has 1 saturated heterocycles. The van der Waals surface area contributed by atoms with E-state index in [0.29, 0.717) is 0 Å². The van der Waals surface area contributed by atoms with E-state index >= 15 is 0 Å². The fraction of sp³-hybridized carbons (Fsp3) is 0.588. The molecule has 1 fully saturated rings. The van der Waals surface area contributed by atoms with E-state index in [2.05, 4.69) is 32.9 Å². The Bertz CT molecular complexity index is 455. The molecule has 2 nitrogen and oxygen atoms in total. The molecule has 0 aromatic heterocycles. The summed E-state index contributed by atoms with van der Waals surface area (Å²) in [4.78, 5) is 14.3. The van der Waals surface area contributed by atoms with Crippen LogP contribution in [0.1, 0.15) is 56.5 Å². The Morgan fingerprint density at radius 2 is 1.65 bits per heavy atom. The van der Waals surface area contributed by atoms with Gasteiger partial charge in [0.05, 0.1) is 0 Å². The highest BCUT2D eigenvalue weighted by Crippen LogP contribution is 2.28. The molecule has 0 aliphatic carbocycles. The Balaban J connectivity index is 2.08. The van der Waals surface area contributed by atoms with Gasteiger partial charge in [0, 0.05) is 13.1 Å². The summed E-state index contributed by atoms with van der Waals surface area (Å²) in [6.45, 7) is 8.24. The first-order valence-electron chi connectivity index (χ1n) is 7.43. The third kappa shape index (κ3) is 3.54. The van der Waals surface area contributed by atoms with Gasteiger partial charge < -0.3 is 4.90 Å². The van der Waals surface area contributed by atoms with Gasteiger partial charge in [0.25, 0.3) is 0 Å². The Kier molecular flexibility index (Phi) is 4.74. The standard InChI is InChI=1S/C17H24ClNO/c1-17(2,3)14-9-7-13(8-10-14)15(18)16(20)19-11-5-4-6-12-19/h7-10,15H,4-6,11-12H2,1-3H3. The maximum atomic E-state index is 12.4. The average Bonchev–Trinajstić information content (AvgIpc) is 2.46. The highest BCUT2D eigenvalue weighted by atomic mass is 35.5. The lowest BCUT2D eigenvalue weighted by atomic mass is 9.86. The zero-order valence-electron chi connectivity index (χ0n) is 12.7. The van der Waals surface area contributed by atoms with Crippen LogP contribution in [-0.2, 0) is 10.2 Å². The van der Waals surface area contributed by atoms with Crippen LogP contribution in [0.4, 0.5) is 0 Å². The van der Waals surface area contributed by atoms with Crippen LogP contribution in [0.2, 0.25) is 0 Å². The van der Waals surface area contributed by atoms with Crippen molar-refractivity contribution in [2.75, 3.05) is 13.1 Å². The molecule has 20 heavy (non-hydrogen) atoms. The molecule has 1 amide bonds. The smallest absolute Gasteiger partial charge is 0.245 e. The first kappa shape index (κ1) is 15.4. The summed E-state index contributed by atoms with van der Waals surface area (Å²) in [5.41, 5.74) is 2.28. The fourth-order valence-corrected chi connectivity index (χ4v) is 2.85. The fourth-order valence-electron chi connectivity index (χ4n) is 2.57. The van der Waals surface area contributed by atoms with Crippen molar-refractivity contribution in [3.05, 3.63) is 35.4 Å². The number of halogens is 1. The number of alkyl halides is 1. The summed E-state index contributed by atoms with van der Waals surface area (Å²) in [6.07, 6.45) is 3.41. The van der Waals surface area contributed by atoms with Crippen LogP contribution in [-0.4, -0.2) is 23.9 Å². The van der Waals surface area contributed by atoms with Crippen LogP contribution in [0.3, 0.4) is 0 Å². The van der Waals surface area contributed by atoms with Crippen molar-refractivity contribution >= 4 is 17.5 Å². The highest BCUT2D eigenvalue weighted by molar-refractivity contribution is 6.30. The van der Waals surface area contributed by atoms with E-state index in [-0.39, 0.29) is 11.3 Å². The van der Waals surface area contributed by atoms with Gasteiger partial charge in [0.2, 0.25) is 5.91 Å². The molecule has 110 valence electrons. The van der Waals surface area contributed by atoms with Crippen molar-refractivity contribution in [1.29, 1.82) is 0 Å². The van der Waals surface area contributed by atoms with Gasteiger partial charge in [0.15, 0.2) is 0 Å². The number of likely N-dealkylation sites (tertiary alicyclic amines) is 1. The van der Waals surface area contributed by atoms with E-state index in [4.69, 9.17) is 11.6 Å². The molecule has 2 rings (SSSR count). The highest BCUT2D eigenvalue weighted by Gasteiger charge is 2.25. The van der Waals surface area contributed by atoms with E-state index in [9.17, 15) is 4.79 Å². The van der Waals surface area contributed by atoms with E-state index in [1.807, 2.05) is 17.0 Å². The Morgan fingerprint density at radius 3 is 2.15 bits per heavy atom. The van der Waals surface area contributed by atoms with Crippen LogP contribution in [0.5, 0.6) is 0 Å². The predicted octanol–water partition coefficient (Wildman–Crippen LogP) is 4.28. The molecule has 0 N–H and O–H groups in total. The van der Waals surface area contributed by atoms with Gasteiger partial charge in [-0.05, 0) is 35.8 Å². The van der Waals surface area contributed by atoms with Gasteiger partial charge in [-0.15, -0.1) is 11.6 Å². The summed E-state index contributed by atoms with van der Waals surface area (Å²) < 4.78 is 0. The number of hydrogen-bond acceptors (Lipinski definition) is 1. The summed E-state index contributed by atoms with van der Waals surface area (Å²) in [7, 11) is 0. The molecule has 1 aromatic rings. The van der Waals surface area contributed by atoms with Crippen molar-refractivity contribution in [3.8, 4) is 0 Å². The normalized spacial score (nSPS) is 17.9. The monoisotopic (exact) mass is 293 g/mol. The molecule has 1 aliphatic rings. The molecule has 0 bridgehead atoms. The van der Waals surface area contributed by atoms with E-state index in [0.717, 1.165) is 31.5 Å². The van der Waals surface area contributed by atoms with E-state index in [1.165, 1.54) is 12.0 Å². The van der Waals surface area contributed by atoms with Crippen LogP contribution in [0.15, 0.2) is 24.3 Å². The SMILES string of the molecule is CC(C)(C)c1ccc(C(Cl)C(=O)N2CCCCC2)cc1. The lowest BCUT2D eigenvalue weighted by Crippen LogP contribution is -2.37. The molecular formula is C17H24ClNO. The number of carbonyl (C=O) groups excluding carboxylic acids is 1. The van der Waals surface area contributed by atoms with Gasteiger partial charge in [-0.2, -0.15) is 0 Å². The zero-order valence-corrected chi connectivity index (χ0v) is 13.4. The predicted molar refractivity (Wildman–Crippen MR) is 84.2 cm³/mol. The van der Waals surface area contributed by atoms with Gasteiger partial charge in [-0.25, -0.2) is 0 Å². The molecule has 1 heterocycles. The Labute approximate surface area is 127 Å².